The topological polar surface area (TPSA) is 70.6 Å². The lowest BCUT2D eigenvalue weighted by molar-refractivity contribution is 0.0939. The molecule has 7 nitrogen and oxygen atoms in total. The third kappa shape index (κ3) is 4.04. The van der Waals surface area contributed by atoms with Gasteiger partial charge in [0.15, 0.2) is 0 Å². The van der Waals surface area contributed by atoms with Crippen molar-refractivity contribution in [2.24, 2.45) is 0 Å². The minimum Gasteiger partial charge on any atom is -0.480 e. The molecule has 1 fully saturated rings. The number of carbonyl (C=O) groups is 1. The van der Waals surface area contributed by atoms with Crippen molar-refractivity contribution >= 4 is 17.5 Å². The van der Waals surface area contributed by atoms with Gasteiger partial charge >= 0.3 is 0 Å². The fourth-order valence-corrected chi connectivity index (χ4v) is 2.96. The van der Waals surface area contributed by atoms with Gasteiger partial charge in [-0.1, -0.05) is 18.2 Å². The maximum atomic E-state index is 12.2. The van der Waals surface area contributed by atoms with Gasteiger partial charge in [-0.05, 0) is 26.0 Å². The van der Waals surface area contributed by atoms with Crippen LogP contribution in [0.4, 0.5) is 11.6 Å². The molecule has 2 heterocycles. The maximum Gasteiger partial charge on any atom is 0.258 e. The van der Waals surface area contributed by atoms with Gasteiger partial charge in [-0.2, -0.15) is 4.98 Å². The molecule has 1 aromatic heterocycles. The molecular weight excluding hydrogens is 330 g/mol. The van der Waals surface area contributed by atoms with E-state index < -0.39 is 0 Å². The molecule has 2 aromatic rings. The molecule has 1 aromatic carbocycles. The number of rotatable bonds is 5. The second-order valence-electron chi connectivity index (χ2n) is 6.53. The number of piperazine rings is 1. The largest absolute Gasteiger partial charge is 0.480 e. The van der Waals surface area contributed by atoms with Crippen molar-refractivity contribution < 1.29 is 9.53 Å². The average molecular weight is 355 g/mol. The maximum absolute atomic E-state index is 12.2. The summed E-state index contributed by atoms with van der Waals surface area (Å²) in [6.07, 6.45) is 1.54. The summed E-state index contributed by atoms with van der Waals surface area (Å²) in [5, 5.41) is 2.84. The van der Waals surface area contributed by atoms with E-state index >= 15 is 0 Å². The van der Waals surface area contributed by atoms with Crippen molar-refractivity contribution in [1.82, 2.24) is 15.3 Å². The minimum atomic E-state index is -0.225. The predicted octanol–water partition coefficient (Wildman–Crippen LogP) is 1.95. The first-order valence-corrected chi connectivity index (χ1v) is 8.85. The molecule has 0 bridgehead atoms. The monoisotopic (exact) mass is 355 g/mol. The summed E-state index contributed by atoms with van der Waals surface area (Å²) in [6, 6.07) is 10.4. The number of para-hydroxylation sites is 1. The average Bonchev–Trinajstić information content (AvgIpc) is 2.67. The zero-order valence-electron chi connectivity index (χ0n) is 15.5. The Morgan fingerprint density at radius 1 is 1.12 bits per heavy atom. The molecular formula is C19H25N5O2. The van der Waals surface area contributed by atoms with E-state index in [2.05, 4.69) is 49.4 Å². The predicted molar refractivity (Wildman–Crippen MR) is 102 cm³/mol. The first-order chi connectivity index (χ1) is 12.6. The van der Waals surface area contributed by atoms with Crippen molar-refractivity contribution in [2.75, 3.05) is 43.1 Å². The van der Waals surface area contributed by atoms with Crippen LogP contribution in [0.5, 0.6) is 5.88 Å². The van der Waals surface area contributed by atoms with Crippen molar-refractivity contribution in [3.8, 4) is 5.88 Å². The highest BCUT2D eigenvalue weighted by Crippen LogP contribution is 2.21. The fourth-order valence-electron chi connectivity index (χ4n) is 2.96. The number of carbonyl (C=O) groups excluding carboxylic acids is 1. The van der Waals surface area contributed by atoms with Gasteiger partial charge in [-0.25, -0.2) is 4.98 Å². The number of ether oxygens (including phenoxy) is 1. The molecule has 1 aliphatic rings. The first-order valence-electron chi connectivity index (χ1n) is 8.85. The number of benzene rings is 1. The number of anilines is 2. The second kappa shape index (κ2) is 8.03. The Bertz CT molecular complexity index is 743. The number of nitrogens with one attached hydrogen (secondary N) is 1. The number of nitrogens with zero attached hydrogens (tertiary/aromatic N) is 4. The van der Waals surface area contributed by atoms with Gasteiger partial charge < -0.3 is 19.9 Å². The van der Waals surface area contributed by atoms with Gasteiger partial charge in [0.25, 0.3) is 5.91 Å². The molecule has 3 rings (SSSR count). The second-order valence-corrected chi connectivity index (χ2v) is 6.53. The summed E-state index contributed by atoms with van der Waals surface area (Å²) in [5.74, 6) is 0.673. The van der Waals surface area contributed by atoms with E-state index in [0.717, 1.165) is 26.2 Å². The molecule has 26 heavy (non-hydrogen) atoms. The Hall–Kier alpha value is -2.83. The van der Waals surface area contributed by atoms with E-state index in [9.17, 15) is 4.79 Å². The summed E-state index contributed by atoms with van der Waals surface area (Å²) in [7, 11) is 1.52. The highest BCUT2D eigenvalue weighted by molar-refractivity contribution is 5.96. The van der Waals surface area contributed by atoms with Crippen LogP contribution in [0.1, 0.15) is 24.2 Å². The van der Waals surface area contributed by atoms with Gasteiger partial charge in [0.1, 0.15) is 5.56 Å². The van der Waals surface area contributed by atoms with E-state index in [-0.39, 0.29) is 11.9 Å². The molecule has 0 spiro atoms. The summed E-state index contributed by atoms with van der Waals surface area (Å²) in [4.78, 5) is 25.5. The van der Waals surface area contributed by atoms with Crippen molar-refractivity contribution in [2.45, 2.75) is 19.9 Å². The van der Waals surface area contributed by atoms with Crippen LogP contribution in [0, 0.1) is 0 Å². The highest BCUT2D eigenvalue weighted by atomic mass is 16.5. The lowest BCUT2D eigenvalue weighted by atomic mass is 10.2. The standard InChI is InChI=1S/C19H25N5O2/c1-14(2)21-17(25)16-13-20-19(22-18(16)26-3)24-11-9-23(10-12-24)15-7-5-4-6-8-15/h4-8,13-14H,9-12H2,1-3H3,(H,21,25). The van der Waals surface area contributed by atoms with Gasteiger partial charge in [0.05, 0.1) is 7.11 Å². The van der Waals surface area contributed by atoms with E-state index in [1.807, 2.05) is 19.9 Å². The molecule has 1 aliphatic heterocycles. The lowest BCUT2D eigenvalue weighted by Gasteiger charge is -2.36. The number of amides is 1. The zero-order valence-corrected chi connectivity index (χ0v) is 15.5. The van der Waals surface area contributed by atoms with Crippen LogP contribution >= 0.6 is 0 Å². The van der Waals surface area contributed by atoms with Crippen LogP contribution in [-0.4, -0.2) is 55.2 Å². The molecule has 7 heteroatoms. The van der Waals surface area contributed by atoms with Gasteiger partial charge in [-0.3, -0.25) is 4.79 Å². The number of hydrogen-bond donors (Lipinski definition) is 1. The van der Waals surface area contributed by atoms with Crippen molar-refractivity contribution in [3.05, 3.63) is 42.1 Å². The molecule has 1 saturated heterocycles. The van der Waals surface area contributed by atoms with Gasteiger partial charge in [-0.15, -0.1) is 0 Å². The lowest BCUT2D eigenvalue weighted by Crippen LogP contribution is -2.47. The molecule has 0 unspecified atom stereocenters. The quantitative estimate of drug-likeness (QED) is 0.884. The van der Waals surface area contributed by atoms with Crippen LogP contribution in [0.25, 0.3) is 0 Å². The van der Waals surface area contributed by atoms with Gasteiger partial charge in [0.2, 0.25) is 11.8 Å². The Morgan fingerprint density at radius 2 is 1.77 bits per heavy atom. The molecule has 1 N–H and O–H groups in total. The smallest absolute Gasteiger partial charge is 0.258 e. The number of hydrogen-bond acceptors (Lipinski definition) is 6. The van der Waals surface area contributed by atoms with Crippen molar-refractivity contribution in [3.63, 3.8) is 0 Å². The fraction of sp³-hybridized carbons (Fsp3) is 0.421. The van der Waals surface area contributed by atoms with E-state index in [1.54, 1.807) is 6.20 Å². The van der Waals surface area contributed by atoms with Crippen LogP contribution in [0.2, 0.25) is 0 Å². The van der Waals surface area contributed by atoms with Crippen LogP contribution in [0.15, 0.2) is 36.5 Å². The van der Waals surface area contributed by atoms with Crippen LogP contribution < -0.4 is 19.9 Å². The summed E-state index contributed by atoms with van der Waals surface area (Å²) >= 11 is 0. The third-order valence-electron chi connectivity index (χ3n) is 4.28. The Labute approximate surface area is 154 Å². The highest BCUT2D eigenvalue weighted by Gasteiger charge is 2.22. The molecule has 1 amide bonds. The molecule has 0 saturated carbocycles. The molecule has 0 radical (unpaired) electrons. The SMILES string of the molecule is COc1nc(N2CCN(c3ccccc3)CC2)ncc1C(=O)NC(C)C. The molecule has 138 valence electrons. The first kappa shape index (κ1) is 18.0. The van der Waals surface area contributed by atoms with E-state index in [0.29, 0.717) is 17.4 Å². The zero-order chi connectivity index (χ0) is 18.5. The number of methoxy groups -OCH3 is 1. The summed E-state index contributed by atoms with van der Waals surface area (Å²) < 4.78 is 5.32. The van der Waals surface area contributed by atoms with E-state index in [4.69, 9.17) is 4.74 Å². The third-order valence-corrected chi connectivity index (χ3v) is 4.28. The Morgan fingerprint density at radius 3 is 2.38 bits per heavy atom. The summed E-state index contributed by atoms with van der Waals surface area (Å²) in [5.41, 5.74) is 1.58. The normalized spacial score (nSPS) is 14.5. The Balaban J connectivity index is 1.69. The van der Waals surface area contributed by atoms with Crippen LogP contribution in [0.3, 0.4) is 0 Å². The van der Waals surface area contributed by atoms with Gasteiger partial charge in [0, 0.05) is 44.1 Å². The van der Waals surface area contributed by atoms with E-state index in [1.165, 1.54) is 12.8 Å². The van der Waals surface area contributed by atoms with Crippen molar-refractivity contribution in [1.29, 1.82) is 0 Å². The molecule has 0 aliphatic carbocycles. The minimum absolute atomic E-state index is 0.0398. The summed E-state index contributed by atoms with van der Waals surface area (Å²) in [6.45, 7) is 7.24. The van der Waals surface area contributed by atoms with Crippen LogP contribution in [-0.2, 0) is 0 Å². The Kier molecular flexibility index (Phi) is 5.55. The molecule has 0 atom stereocenters. The number of aromatic nitrogens is 2.